The van der Waals surface area contributed by atoms with Crippen LogP contribution in [0.1, 0.15) is 26.2 Å². The first-order chi connectivity index (χ1) is 9.22. The van der Waals surface area contributed by atoms with Crippen molar-refractivity contribution < 1.29 is 4.74 Å². The summed E-state index contributed by atoms with van der Waals surface area (Å²) < 4.78 is 7.41. The van der Waals surface area contributed by atoms with Crippen LogP contribution in [-0.4, -0.2) is 29.5 Å². The van der Waals surface area contributed by atoms with Gasteiger partial charge < -0.3 is 10.1 Å². The quantitative estimate of drug-likeness (QED) is 0.869. The zero-order chi connectivity index (χ0) is 13.7. The highest BCUT2D eigenvalue weighted by molar-refractivity contribution is 9.10. The molecule has 0 saturated carbocycles. The van der Waals surface area contributed by atoms with Gasteiger partial charge in [0.25, 0.3) is 5.56 Å². The fourth-order valence-corrected chi connectivity index (χ4v) is 2.50. The van der Waals surface area contributed by atoms with Gasteiger partial charge in [0, 0.05) is 25.6 Å². The zero-order valence-corrected chi connectivity index (χ0v) is 12.8. The molecule has 1 aromatic rings. The molecule has 106 valence electrons. The summed E-state index contributed by atoms with van der Waals surface area (Å²) >= 11 is 3.37. The first-order valence-corrected chi connectivity index (χ1v) is 7.59. The van der Waals surface area contributed by atoms with E-state index in [-0.39, 0.29) is 5.56 Å². The summed E-state index contributed by atoms with van der Waals surface area (Å²) in [5, 5.41) is 7.48. The maximum Gasteiger partial charge on any atom is 0.283 e. The van der Waals surface area contributed by atoms with Gasteiger partial charge in [0.1, 0.15) is 4.47 Å². The predicted molar refractivity (Wildman–Crippen MR) is 78.5 cm³/mol. The van der Waals surface area contributed by atoms with E-state index in [1.54, 1.807) is 6.20 Å². The van der Waals surface area contributed by atoms with Gasteiger partial charge in [-0.25, -0.2) is 4.68 Å². The van der Waals surface area contributed by atoms with E-state index in [2.05, 4.69) is 33.3 Å². The molecule has 1 atom stereocenters. The minimum atomic E-state index is -0.0684. The zero-order valence-electron chi connectivity index (χ0n) is 11.2. The van der Waals surface area contributed by atoms with Gasteiger partial charge in [-0.15, -0.1) is 0 Å². The lowest BCUT2D eigenvalue weighted by Gasteiger charge is -2.12. The molecule has 1 aliphatic heterocycles. The molecule has 0 spiro atoms. The highest BCUT2D eigenvalue weighted by atomic mass is 79.9. The smallest absolute Gasteiger partial charge is 0.283 e. The maximum absolute atomic E-state index is 12.1. The van der Waals surface area contributed by atoms with Crippen molar-refractivity contribution in [3.8, 4) is 0 Å². The molecular weight excluding hydrogens is 310 g/mol. The first kappa shape index (κ1) is 14.5. The number of aryl methyl sites for hydroxylation is 1. The van der Waals surface area contributed by atoms with Gasteiger partial charge in [0.05, 0.1) is 18.5 Å². The van der Waals surface area contributed by atoms with Crippen molar-refractivity contribution in [1.29, 1.82) is 0 Å². The van der Waals surface area contributed by atoms with Gasteiger partial charge in [0.15, 0.2) is 0 Å². The van der Waals surface area contributed by atoms with Crippen LogP contribution in [0.25, 0.3) is 0 Å². The SMILES string of the molecule is CCCCn1ncc(NCC2CCOC2)c(Br)c1=O. The maximum atomic E-state index is 12.1. The van der Waals surface area contributed by atoms with Gasteiger partial charge in [-0.05, 0) is 28.8 Å². The lowest BCUT2D eigenvalue weighted by molar-refractivity contribution is 0.187. The van der Waals surface area contributed by atoms with Crippen molar-refractivity contribution in [3.05, 3.63) is 21.0 Å². The number of halogens is 1. The summed E-state index contributed by atoms with van der Waals surface area (Å²) in [7, 11) is 0. The minimum absolute atomic E-state index is 0.0684. The van der Waals surface area contributed by atoms with E-state index in [0.29, 0.717) is 16.9 Å². The first-order valence-electron chi connectivity index (χ1n) is 6.79. The number of nitrogens with zero attached hydrogens (tertiary/aromatic N) is 2. The number of hydrogen-bond donors (Lipinski definition) is 1. The minimum Gasteiger partial charge on any atom is -0.382 e. The fraction of sp³-hybridized carbons (Fsp3) is 0.692. The largest absolute Gasteiger partial charge is 0.382 e. The summed E-state index contributed by atoms with van der Waals surface area (Å²) in [4.78, 5) is 12.1. The van der Waals surface area contributed by atoms with Crippen molar-refractivity contribution in [2.45, 2.75) is 32.7 Å². The Labute approximate surface area is 121 Å². The number of rotatable bonds is 6. The van der Waals surface area contributed by atoms with E-state index >= 15 is 0 Å². The van der Waals surface area contributed by atoms with E-state index in [4.69, 9.17) is 4.74 Å². The third-order valence-electron chi connectivity index (χ3n) is 3.31. The van der Waals surface area contributed by atoms with Crippen molar-refractivity contribution >= 4 is 21.6 Å². The molecule has 1 aliphatic rings. The average Bonchev–Trinajstić information content (AvgIpc) is 2.92. The third-order valence-corrected chi connectivity index (χ3v) is 4.08. The topological polar surface area (TPSA) is 56.1 Å². The molecule has 0 aromatic carbocycles. The summed E-state index contributed by atoms with van der Waals surface area (Å²) in [5.41, 5.74) is 0.700. The molecule has 0 bridgehead atoms. The molecule has 1 N–H and O–H groups in total. The van der Waals surface area contributed by atoms with Crippen LogP contribution in [0, 0.1) is 5.92 Å². The van der Waals surface area contributed by atoms with Crippen molar-refractivity contribution in [2.24, 2.45) is 5.92 Å². The molecule has 1 fully saturated rings. The van der Waals surface area contributed by atoms with Crippen LogP contribution in [0.15, 0.2) is 15.5 Å². The Morgan fingerprint density at radius 3 is 3.16 bits per heavy atom. The lowest BCUT2D eigenvalue weighted by Crippen LogP contribution is -2.25. The Morgan fingerprint density at radius 2 is 2.47 bits per heavy atom. The number of unbranched alkanes of at least 4 members (excludes halogenated alkanes) is 1. The second-order valence-corrected chi connectivity index (χ2v) is 5.66. The molecule has 1 aromatic heterocycles. The van der Waals surface area contributed by atoms with Gasteiger partial charge in [-0.2, -0.15) is 5.10 Å². The van der Waals surface area contributed by atoms with Crippen LogP contribution in [-0.2, 0) is 11.3 Å². The molecule has 1 saturated heterocycles. The van der Waals surface area contributed by atoms with Gasteiger partial charge >= 0.3 is 0 Å². The highest BCUT2D eigenvalue weighted by Gasteiger charge is 2.16. The van der Waals surface area contributed by atoms with Crippen LogP contribution in [0.3, 0.4) is 0 Å². The molecule has 19 heavy (non-hydrogen) atoms. The molecule has 6 heteroatoms. The third kappa shape index (κ3) is 3.79. The molecule has 0 amide bonds. The molecule has 2 heterocycles. The fourth-order valence-electron chi connectivity index (χ4n) is 2.05. The Hall–Kier alpha value is -0.880. The summed E-state index contributed by atoms with van der Waals surface area (Å²) in [6.45, 7) is 5.22. The lowest BCUT2D eigenvalue weighted by atomic mass is 10.1. The number of nitrogens with one attached hydrogen (secondary N) is 1. The van der Waals surface area contributed by atoms with Crippen molar-refractivity contribution in [1.82, 2.24) is 9.78 Å². The Kier molecular flexibility index (Phi) is 5.39. The standard InChI is InChI=1S/C13H20BrN3O2/c1-2-3-5-17-13(18)12(14)11(8-16-17)15-7-10-4-6-19-9-10/h8,10,15H,2-7,9H2,1H3. The van der Waals surface area contributed by atoms with Gasteiger partial charge in [-0.3, -0.25) is 4.79 Å². The summed E-state index contributed by atoms with van der Waals surface area (Å²) in [5.74, 6) is 0.523. The van der Waals surface area contributed by atoms with E-state index in [1.807, 2.05) is 0 Å². The Bertz CT molecular complexity index is 469. The van der Waals surface area contributed by atoms with Crippen molar-refractivity contribution in [3.63, 3.8) is 0 Å². The Morgan fingerprint density at radius 1 is 1.63 bits per heavy atom. The molecular formula is C13H20BrN3O2. The van der Waals surface area contributed by atoms with E-state index < -0.39 is 0 Å². The average molecular weight is 330 g/mol. The molecule has 2 rings (SSSR count). The Balaban J connectivity index is 2.01. The van der Waals surface area contributed by atoms with Crippen LogP contribution in [0.4, 0.5) is 5.69 Å². The number of anilines is 1. The summed E-state index contributed by atoms with van der Waals surface area (Å²) in [6.07, 6.45) is 4.81. The predicted octanol–water partition coefficient (Wildman–Crippen LogP) is 2.25. The van der Waals surface area contributed by atoms with E-state index in [1.165, 1.54) is 4.68 Å². The number of aromatic nitrogens is 2. The van der Waals surface area contributed by atoms with E-state index in [9.17, 15) is 4.79 Å². The van der Waals surface area contributed by atoms with Crippen molar-refractivity contribution in [2.75, 3.05) is 25.1 Å². The molecule has 0 radical (unpaired) electrons. The number of ether oxygens (including phenoxy) is 1. The number of hydrogen-bond acceptors (Lipinski definition) is 4. The normalized spacial score (nSPS) is 18.7. The second-order valence-electron chi connectivity index (χ2n) is 4.86. The van der Waals surface area contributed by atoms with Gasteiger partial charge in [0.2, 0.25) is 0 Å². The monoisotopic (exact) mass is 329 g/mol. The van der Waals surface area contributed by atoms with Crippen LogP contribution >= 0.6 is 15.9 Å². The van der Waals surface area contributed by atoms with Gasteiger partial charge in [-0.1, -0.05) is 13.3 Å². The van der Waals surface area contributed by atoms with Crippen LogP contribution in [0.2, 0.25) is 0 Å². The summed E-state index contributed by atoms with van der Waals surface area (Å²) in [6, 6.07) is 0. The molecule has 5 nitrogen and oxygen atoms in total. The molecule has 1 unspecified atom stereocenters. The van der Waals surface area contributed by atoms with Crippen LogP contribution in [0.5, 0.6) is 0 Å². The van der Waals surface area contributed by atoms with Crippen LogP contribution < -0.4 is 10.9 Å². The second kappa shape index (κ2) is 7.05. The molecule has 0 aliphatic carbocycles. The highest BCUT2D eigenvalue weighted by Crippen LogP contribution is 2.19. The van der Waals surface area contributed by atoms with E-state index in [0.717, 1.165) is 44.7 Å².